The van der Waals surface area contributed by atoms with E-state index in [-0.39, 0.29) is 17.1 Å². The second-order valence-electron chi connectivity index (χ2n) is 12.4. The molecule has 0 unspecified atom stereocenters. The largest absolute Gasteiger partial charge is 0.508 e. The quantitative estimate of drug-likeness (QED) is 0.0783. The number of phenols is 1. The van der Waals surface area contributed by atoms with Crippen molar-refractivity contribution in [1.82, 2.24) is 15.0 Å². The highest BCUT2D eigenvalue weighted by molar-refractivity contribution is 5.56. The Bertz CT molecular complexity index is 2720. The predicted molar refractivity (Wildman–Crippen MR) is 225 cm³/mol. The first-order valence-corrected chi connectivity index (χ1v) is 18.1. The Balaban J connectivity index is 0.000000144. The summed E-state index contributed by atoms with van der Waals surface area (Å²) in [5, 5.41) is 29.6. The first-order valence-electron chi connectivity index (χ1n) is 18.1. The predicted octanol–water partition coefficient (Wildman–Crippen LogP) is 11.5. The maximum Gasteiger partial charge on any atom is 0.269 e. The highest BCUT2D eigenvalue weighted by atomic mass is 19.1. The van der Waals surface area contributed by atoms with Crippen LogP contribution in [0.15, 0.2) is 196 Å². The lowest BCUT2D eigenvalue weighted by molar-refractivity contribution is -0.385. The van der Waals surface area contributed by atoms with E-state index in [1.54, 1.807) is 85.5 Å². The molecule has 3 heterocycles. The summed E-state index contributed by atoms with van der Waals surface area (Å²) in [5.74, 6) is 4.13. The second-order valence-corrected chi connectivity index (χ2v) is 12.4. The van der Waals surface area contributed by atoms with Gasteiger partial charge in [-0.3, -0.25) is 20.2 Å². The smallest absolute Gasteiger partial charge is 0.269 e. The highest BCUT2D eigenvalue weighted by Gasteiger charge is 2.08. The van der Waals surface area contributed by atoms with Crippen LogP contribution in [0.4, 0.5) is 21.5 Å². The number of non-ortho nitro benzene ring substituents is 2. The fraction of sp³-hybridized carbons (Fsp3) is 0. The molecule has 9 rings (SSSR count). The molecule has 0 saturated carbocycles. The maximum absolute atomic E-state index is 12.1. The number of oxazole rings is 3. The minimum absolute atomic E-state index is 0.0293. The van der Waals surface area contributed by atoms with E-state index in [4.69, 9.17) is 33.6 Å². The molecule has 0 aliphatic rings. The number of ether oxygens (including phenoxy) is 2. The van der Waals surface area contributed by atoms with E-state index in [2.05, 4.69) is 15.0 Å². The summed E-state index contributed by atoms with van der Waals surface area (Å²) in [6.07, 6.45) is 9.36. The molecule has 6 aromatic carbocycles. The molecule has 0 fully saturated rings. The average molecular weight is 837 g/mol. The van der Waals surface area contributed by atoms with Crippen LogP contribution in [0, 0.1) is 26.0 Å². The Kier molecular flexibility index (Phi) is 14.4. The van der Waals surface area contributed by atoms with Crippen LogP contribution >= 0.6 is 0 Å². The van der Waals surface area contributed by atoms with E-state index in [0.29, 0.717) is 34.9 Å². The number of halogens is 1. The highest BCUT2D eigenvalue weighted by Crippen LogP contribution is 2.28. The molecule has 310 valence electrons. The number of phenolic OH excluding ortho intramolecular Hbond substituents is 1. The lowest BCUT2D eigenvalue weighted by atomic mass is 10.2. The third kappa shape index (κ3) is 12.7. The molecule has 0 amide bonds. The summed E-state index contributed by atoms with van der Waals surface area (Å²) >= 11 is 0. The number of hydrogen-bond donors (Lipinski definition) is 2. The number of nitrogens with zero attached hydrogens (tertiary/aromatic N) is 5. The number of aromatic hydroxyl groups is 1. The molecule has 0 atom stereocenters. The van der Waals surface area contributed by atoms with Crippen LogP contribution in [0.1, 0.15) is 0 Å². The Labute approximate surface area is 351 Å². The van der Waals surface area contributed by atoms with Crippen molar-refractivity contribution in [2.75, 3.05) is 5.73 Å². The summed E-state index contributed by atoms with van der Waals surface area (Å²) in [5.41, 5.74) is 8.88. The SMILES string of the molecule is Nc1ccc(Oc2ccc(-c3ncco3)cc2)cc1.O=[N+]([O-])c1ccc(F)cc1.O=[N+]([O-])c1ccc(Oc2ccc(-c3ncco3)cc2)cc1.Oc1ccc(-c2ncco2)cc1. The van der Waals surface area contributed by atoms with Crippen LogP contribution in [-0.4, -0.2) is 29.9 Å². The lowest BCUT2D eigenvalue weighted by Crippen LogP contribution is -1.88. The zero-order valence-corrected chi connectivity index (χ0v) is 32.1. The number of nitro benzene ring substituents is 2. The normalized spacial score (nSPS) is 10.1. The minimum atomic E-state index is -0.570. The first kappa shape index (κ1) is 42.5. The van der Waals surface area contributed by atoms with E-state index in [1.165, 1.54) is 24.7 Å². The Morgan fingerprint density at radius 3 is 1.11 bits per heavy atom. The molecular weight excluding hydrogens is 804 g/mol. The summed E-state index contributed by atoms with van der Waals surface area (Å²) < 4.78 is 38.9. The molecule has 3 N–H and O–H groups in total. The zero-order valence-electron chi connectivity index (χ0n) is 32.1. The summed E-state index contributed by atoms with van der Waals surface area (Å²) in [4.78, 5) is 31.7. The summed E-state index contributed by atoms with van der Waals surface area (Å²) in [6, 6.07) is 39.0. The molecule has 0 aliphatic carbocycles. The number of rotatable bonds is 9. The van der Waals surface area contributed by atoms with Gasteiger partial charge in [0.2, 0.25) is 17.7 Å². The van der Waals surface area contributed by atoms with Gasteiger partial charge in [-0.2, -0.15) is 0 Å². The number of benzene rings is 6. The van der Waals surface area contributed by atoms with Gasteiger partial charge in [-0.15, -0.1) is 0 Å². The number of hydrogen-bond acceptors (Lipinski definition) is 14. The summed E-state index contributed by atoms with van der Waals surface area (Å²) in [7, 11) is 0. The van der Waals surface area contributed by atoms with Crippen molar-refractivity contribution in [3.63, 3.8) is 0 Å². The molecule has 62 heavy (non-hydrogen) atoms. The van der Waals surface area contributed by atoms with E-state index in [9.17, 15) is 24.6 Å². The number of anilines is 1. The fourth-order valence-corrected chi connectivity index (χ4v) is 5.04. The third-order valence-electron chi connectivity index (χ3n) is 8.05. The van der Waals surface area contributed by atoms with Crippen molar-refractivity contribution >= 4 is 17.1 Å². The second kappa shape index (κ2) is 21.0. The van der Waals surface area contributed by atoms with Crippen LogP contribution in [0.5, 0.6) is 28.7 Å². The van der Waals surface area contributed by atoms with E-state index in [1.807, 2.05) is 48.5 Å². The molecule has 0 spiro atoms. The van der Waals surface area contributed by atoms with Gasteiger partial charge in [0.1, 0.15) is 53.4 Å². The Morgan fingerprint density at radius 1 is 0.484 bits per heavy atom. The molecule has 0 saturated heterocycles. The van der Waals surface area contributed by atoms with Crippen LogP contribution in [0.2, 0.25) is 0 Å². The van der Waals surface area contributed by atoms with Gasteiger partial charge in [-0.05, 0) is 121 Å². The van der Waals surface area contributed by atoms with Gasteiger partial charge in [0, 0.05) is 46.6 Å². The van der Waals surface area contributed by atoms with Gasteiger partial charge in [0.15, 0.2) is 0 Å². The van der Waals surface area contributed by atoms with Gasteiger partial charge in [-0.25, -0.2) is 19.3 Å². The van der Waals surface area contributed by atoms with Gasteiger partial charge in [0.25, 0.3) is 11.4 Å². The Hall–Kier alpha value is -9.12. The minimum Gasteiger partial charge on any atom is -0.508 e. The van der Waals surface area contributed by atoms with Crippen molar-refractivity contribution in [2.45, 2.75) is 0 Å². The van der Waals surface area contributed by atoms with Gasteiger partial charge in [-0.1, -0.05) is 0 Å². The monoisotopic (exact) mass is 836 g/mol. The summed E-state index contributed by atoms with van der Waals surface area (Å²) in [6.45, 7) is 0. The number of nitrogens with two attached hydrogens (primary N) is 1. The number of nitrogen functional groups attached to an aromatic ring is 1. The molecular formula is C45H33FN6O10. The molecule has 17 heteroatoms. The average Bonchev–Trinajstić information content (AvgIpc) is 4.13. The lowest BCUT2D eigenvalue weighted by Gasteiger charge is -2.06. The zero-order chi connectivity index (χ0) is 43.7. The molecule has 16 nitrogen and oxygen atoms in total. The first-order chi connectivity index (χ1) is 30.1. The van der Waals surface area contributed by atoms with Gasteiger partial charge >= 0.3 is 0 Å². The van der Waals surface area contributed by atoms with Crippen molar-refractivity contribution in [2.24, 2.45) is 0 Å². The topological polar surface area (TPSA) is 229 Å². The van der Waals surface area contributed by atoms with Gasteiger partial charge < -0.3 is 33.6 Å². The standard InChI is InChI=1S/C15H10N2O4.C15H12N2O2.C9H7NO2.C6H4FNO2/c18-17(19)12-3-7-14(8-4-12)21-13-5-1-11(2-6-13)15-16-9-10-20-15;16-12-3-7-14(8-4-12)19-13-5-1-11(2-6-13)15-17-9-10-18-15;11-8-3-1-7(2-4-8)9-10-5-6-12-9;7-5-1-3-6(4-2-5)8(9)10/h1-10H;1-10H,16H2;1-6,11H;1-4H. The van der Waals surface area contributed by atoms with Gasteiger partial charge in [0.05, 0.1) is 28.4 Å². The van der Waals surface area contributed by atoms with Crippen molar-refractivity contribution in [3.05, 3.63) is 209 Å². The van der Waals surface area contributed by atoms with E-state index in [0.717, 1.165) is 52.5 Å². The molecule has 9 aromatic rings. The molecule has 0 bridgehead atoms. The van der Waals surface area contributed by atoms with E-state index >= 15 is 0 Å². The van der Waals surface area contributed by atoms with Crippen LogP contribution in [0.25, 0.3) is 34.4 Å². The number of nitro groups is 2. The van der Waals surface area contributed by atoms with Crippen LogP contribution < -0.4 is 15.2 Å². The number of aromatic nitrogens is 3. The van der Waals surface area contributed by atoms with Crippen molar-refractivity contribution < 1.29 is 42.1 Å². The van der Waals surface area contributed by atoms with Crippen molar-refractivity contribution in [3.8, 4) is 63.1 Å². The van der Waals surface area contributed by atoms with Crippen molar-refractivity contribution in [1.29, 1.82) is 0 Å². The molecule has 0 aliphatic heterocycles. The Morgan fingerprint density at radius 2 is 0.790 bits per heavy atom. The molecule has 3 aromatic heterocycles. The maximum atomic E-state index is 12.1. The third-order valence-corrected chi connectivity index (χ3v) is 8.05. The van der Waals surface area contributed by atoms with Crippen LogP contribution in [0.3, 0.4) is 0 Å². The van der Waals surface area contributed by atoms with E-state index < -0.39 is 15.7 Å². The fourth-order valence-electron chi connectivity index (χ4n) is 5.04. The molecule has 0 radical (unpaired) electrons. The van der Waals surface area contributed by atoms with Crippen LogP contribution in [-0.2, 0) is 0 Å².